The van der Waals surface area contributed by atoms with Crippen molar-refractivity contribution >= 4 is 5.69 Å². The highest BCUT2D eigenvalue weighted by atomic mass is 16.5. The summed E-state index contributed by atoms with van der Waals surface area (Å²) in [4.78, 5) is 2.22. The third-order valence-electron chi connectivity index (χ3n) is 3.82. The van der Waals surface area contributed by atoms with Gasteiger partial charge in [-0.25, -0.2) is 0 Å². The standard InChI is InChI=1S/C15H20N2O2/c1-15(19-3)7-4-8-17(11-15)14-9-13(18-2)6-5-12(14)10-16/h5-6,9H,4,7-8,11H2,1-3H3. The number of hydrogen-bond acceptors (Lipinski definition) is 4. The Balaban J connectivity index is 2.32. The van der Waals surface area contributed by atoms with Gasteiger partial charge in [-0.15, -0.1) is 0 Å². The van der Waals surface area contributed by atoms with E-state index in [0.717, 1.165) is 37.4 Å². The van der Waals surface area contributed by atoms with Crippen molar-refractivity contribution in [3.05, 3.63) is 23.8 Å². The average Bonchev–Trinajstić information content (AvgIpc) is 2.46. The molecular weight excluding hydrogens is 240 g/mol. The Kier molecular flexibility index (Phi) is 3.96. The van der Waals surface area contributed by atoms with Gasteiger partial charge >= 0.3 is 0 Å². The molecule has 0 amide bonds. The minimum Gasteiger partial charge on any atom is -0.497 e. The van der Waals surface area contributed by atoms with Gasteiger partial charge in [0.15, 0.2) is 0 Å². The first-order chi connectivity index (χ1) is 9.11. The van der Waals surface area contributed by atoms with E-state index in [-0.39, 0.29) is 5.60 Å². The van der Waals surface area contributed by atoms with Gasteiger partial charge in [0.2, 0.25) is 0 Å². The summed E-state index contributed by atoms with van der Waals surface area (Å²) >= 11 is 0. The van der Waals surface area contributed by atoms with Crippen LogP contribution in [-0.4, -0.2) is 32.9 Å². The highest BCUT2D eigenvalue weighted by Crippen LogP contribution is 2.32. The van der Waals surface area contributed by atoms with Crippen LogP contribution in [0.2, 0.25) is 0 Å². The van der Waals surface area contributed by atoms with E-state index in [2.05, 4.69) is 17.9 Å². The van der Waals surface area contributed by atoms with E-state index < -0.39 is 0 Å². The Labute approximate surface area is 114 Å². The molecule has 0 aliphatic carbocycles. The van der Waals surface area contributed by atoms with Crippen LogP contribution < -0.4 is 9.64 Å². The summed E-state index contributed by atoms with van der Waals surface area (Å²) in [7, 11) is 3.39. The van der Waals surface area contributed by atoms with Crippen LogP contribution in [-0.2, 0) is 4.74 Å². The number of nitriles is 1. The summed E-state index contributed by atoms with van der Waals surface area (Å²) in [6.45, 7) is 3.86. The zero-order valence-corrected chi connectivity index (χ0v) is 11.8. The SMILES string of the molecule is COc1ccc(C#N)c(N2CCCC(C)(OC)C2)c1. The summed E-state index contributed by atoms with van der Waals surface area (Å²) in [6, 6.07) is 7.82. The van der Waals surface area contributed by atoms with Crippen molar-refractivity contribution < 1.29 is 9.47 Å². The van der Waals surface area contributed by atoms with E-state index in [1.807, 2.05) is 18.2 Å². The normalized spacial score (nSPS) is 22.9. The van der Waals surface area contributed by atoms with Gasteiger partial charge in [0.05, 0.1) is 24.0 Å². The van der Waals surface area contributed by atoms with Crippen molar-refractivity contribution in [1.82, 2.24) is 0 Å². The van der Waals surface area contributed by atoms with Crippen molar-refractivity contribution in [2.45, 2.75) is 25.4 Å². The number of benzene rings is 1. The fraction of sp³-hybridized carbons (Fsp3) is 0.533. The predicted octanol–water partition coefficient (Wildman–Crippen LogP) is 2.57. The smallest absolute Gasteiger partial charge is 0.121 e. The highest BCUT2D eigenvalue weighted by molar-refractivity contribution is 5.62. The van der Waals surface area contributed by atoms with Crippen LogP contribution in [0.25, 0.3) is 0 Å². The Hall–Kier alpha value is -1.73. The molecule has 1 aromatic rings. The summed E-state index contributed by atoms with van der Waals surface area (Å²) < 4.78 is 10.9. The van der Waals surface area contributed by atoms with Crippen LogP contribution in [0.3, 0.4) is 0 Å². The van der Waals surface area contributed by atoms with Crippen LogP contribution >= 0.6 is 0 Å². The van der Waals surface area contributed by atoms with E-state index in [0.29, 0.717) is 5.56 Å². The largest absolute Gasteiger partial charge is 0.497 e. The first-order valence-corrected chi connectivity index (χ1v) is 6.50. The minimum atomic E-state index is -0.145. The predicted molar refractivity (Wildman–Crippen MR) is 74.6 cm³/mol. The second-order valence-electron chi connectivity index (χ2n) is 5.17. The molecule has 0 spiro atoms. The van der Waals surface area contributed by atoms with Crippen molar-refractivity contribution in [2.75, 3.05) is 32.2 Å². The maximum Gasteiger partial charge on any atom is 0.121 e. The molecule has 102 valence electrons. The van der Waals surface area contributed by atoms with E-state index in [1.54, 1.807) is 14.2 Å². The average molecular weight is 260 g/mol. The van der Waals surface area contributed by atoms with Crippen molar-refractivity contribution in [3.8, 4) is 11.8 Å². The number of hydrogen-bond donors (Lipinski definition) is 0. The summed E-state index contributed by atoms with van der Waals surface area (Å²) in [5.41, 5.74) is 1.47. The number of piperidine rings is 1. The molecule has 1 aliphatic rings. The van der Waals surface area contributed by atoms with Gasteiger partial charge < -0.3 is 14.4 Å². The van der Waals surface area contributed by atoms with E-state index in [1.165, 1.54) is 0 Å². The van der Waals surface area contributed by atoms with Gasteiger partial charge in [-0.05, 0) is 31.9 Å². The van der Waals surface area contributed by atoms with Crippen LogP contribution in [0.5, 0.6) is 5.75 Å². The van der Waals surface area contributed by atoms with Crippen molar-refractivity contribution in [2.24, 2.45) is 0 Å². The van der Waals surface area contributed by atoms with Gasteiger partial charge in [-0.1, -0.05) is 0 Å². The maximum atomic E-state index is 9.25. The second kappa shape index (κ2) is 5.50. The molecule has 0 aromatic heterocycles. The number of rotatable bonds is 3. The third-order valence-corrected chi connectivity index (χ3v) is 3.82. The lowest BCUT2D eigenvalue weighted by Gasteiger charge is -2.41. The van der Waals surface area contributed by atoms with Crippen LogP contribution in [0.4, 0.5) is 5.69 Å². The maximum absolute atomic E-state index is 9.25. The van der Waals surface area contributed by atoms with Gasteiger partial charge in [-0.2, -0.15) is 5.26 Å². The topological polar surface area (TPSA) is 45.5 Å². The van der Waals surface area contributed by atoms with Gasteiger partial charge in [0.1, 0.15) is 11.8 Å². The fourth-order valence-corrected chi connectivity index (χ4v) is 2.57. The molecule has 1 heterocycles. The van der Waals surface area contributed by atoms with Gasteiger partial charge in [-0.3, -0.25) is 0 Å². The molecule has 4 heteroatoms. The molecule has 19 heavy (non-hydrogen) atoms. The van der Waals surface area contributed by atoms with Crippen LogP contribution in [0, 0.1) is 11.3 Å². The molecular formula is C15H20N2O2. The van der Waals surface area contributed by atoms with Crippen LogP contribution in [0.1, 0.15) is 25.3 Å². The lowest BCUT2D eigenvalue weighted by Crippen LogP contribution is -2.47. The highest BCUT2D eigenvalue weighted by Gasteiger charge is 2.31. The summed E-state index contributed by atoms with van der Waals surface area (Å²) in [5, 5.41) is 9.25. The first kappa shape index (κ1) is 13.7. The quantitative estimate of drug-likeness (QED) is 0.838. The Bertz CT molecular complexity index is 495. The number of nitrogens with zero attached hydrogens (tertiary/aromatic N) is 2. The molecule has 2 rings (SSSR count). The van der Waals surface area contributed by atoms with Gasteiger partial charge in [0, 0.05) is 26.3 Å². The Morgan fingerprint density at radius 3 is 2.79 bits per heavy atom. The Morgan fingerprint density at radius 1 is 1.37 bits per heavy atom. The molecule has 1 atom stereocenters. The molecule has 0 saturated carbocycles. The molecule has 1 unspecified atom stereocenters. The number of methoxy groups -OCH3 is 2. The molecule has 1 fully saturated rings. The van der Waals surface area contributed by atoms with E-state index in [9.17, 15) is 5.26 Å². The number of ether oxygens (including phenoxy) is 2. The molecule has 1 aromatic carbocycles. The third kappa shape index (κ3) is 2.82. The summed E-state index contributed by atoms with van der Waals surface area (Å²) in [5.74, 6) is 0.777. The molecule has 0 bridgehead atoms. The van der Waals surface area contributed by atoms with Crippen LogP contribution in [0.15, 0.2) is 18.2 Å². The molecule has 4 nitrogen and oxygen atoms in total. The molecule has 0 radical (unpaired) electrons. The minimum absolute atomic E-state index is 0.145. The zero-order chi connectivity index (χ0) is 13.9. The fourth-order valence-electron chi connectivity index (χ4n) is 2.57. The first-order valence-electron chi connectivity index (χ1n) is 6.50. The molecule has 1 aliphatic heterocycles. The Morgan fingerprint density at radius 2 is 2.16 bits per heavy atom. The number of anilines is 1. The molecule has 0 N–H and O–H groups in total. The van der Waals surface area contributed by atoms with Gasteiger partial charge in [0.25, 0.3) is 0 Å². The zero-order valence-electron chi connectivity index (χ0n) is 11.8. The van der Waals surface area contributed by atoms with Crippen molar-refractivity contribution in [3.63, 3.8) is 0 Å². The lowest BCUT2D eigenvalue weighted by molar-refractivity contribution is -0.00466. The van der Waals surface area contributed by atoms with E-state index >= 15 is 0 Å². The second-order valence-corrected chi connectivity index (χ2v) is 5.17. The lowest BCUT2D eigenvalue weighted by atomic mass is 9.94. The van der Waals surface area contributed by atoms with E-state index in [4.69, 9.17) is 9.47 Å². The molecule has 1 saturated heterocycles. The summed E-state index contributed by atoms with van der Waals surface area (Å²) in [6.07, 6.45) is 2.11. The monoisotopic (exact) mass is 260 g/mol. The van der Waals surface area contributed by atoms with Crippen molar-refractivity contribution in [1.29, 1.82) is 5.26 Å².